The second-order valence-corrected chi connectivity index (χ2v) is 9.14. The van der Waals surface area contributed by atoms with Crippen molar-refractivity contribution in [2.75, 3.05) is 6.54 Å². The SMILES string of the molecule is Fc1cc(-c2nnc(C(F)F)o2)ccc1Cn1cc(-c2ccc3c(c2)CCN(C2CCC2)C3)nn1. The lowest BCUT2D eigenvalue weighted by Crippen LogP contribution is -2.42. The van der Waals surface area contributed by atoms with Crippen molar-refractivity contribution in [3.63, 3.8) is 0 Å². The van der Waals surface area contributed by atoms with E-state index in [1.54, 1.807) is 23.0 Å². The number of fused-ring (bicyclic) bond motifs is 1. The molecule has 1 saturated carbocycles. The molecular formula is C25H23F3N6O. The van der Waals surface area contributed by atoms with Crippen LogP contribution < -0.4 is 0 Å². The molecule has 0 N–H and O–H groups in total. The zero-order valence-corrected chi connectivity index (χ0v) is 18.9. The summed E-state index contributed by atoms with van der Waals surface area (Å²) in [6.07, 6.45) is 3.93. The van der Waals surface area contributed by atoms with Crippen molar-refractivity contribution >= 4 is 0 Å². The lowest BCUT2D eigenvalue weighted by Gasteiger charge is -2.40. The fraction of sp³-hybridized carbons (Fsp3) is 0.360. The summed E-state index contributed by atoms with van der Waals surface area (Å²) in [5.41, 5.74) is 5.06. The summed E-state index contributed by atoms with van der Waals surface area (Å²) in [6.45, 7) is 2.28. The van der Waals surface area contributed by atoms with Gasteiger partial charge < -0.3 is 4.42 Å². The van der Waals surface area contributed by atoms with Gasteiger partial charge in [0.25, 0.3) is 5.89 Å². The smallest absolute Gasteiger partial charge is 0.314 e. The average Bonchev–Trinajstić information content (AvgIpc) is 3.49. The molecule has 2 aliphatic rings. The van der Waals surface area contributed by atoms with Crippen LogP contribution in [0.4, 0.5) is 13.2 Å². The van der Waals surface area contributed by atoms with Crippen LogP contribution in [0.5, 0.6) is 0 Å². The molecule has 0 unspecified atom stereocenters. The van der Waals surface area contributed by atoms with Crippen LogP contribution in [0.2, 0.25) is 0 Å². The van der Waals surface area contributed by atoms with Gasteiger partial charge in [-0.15, -0.1) is 15.3 Å². The monoisotopic (exact) mass is 480 g/mol. The highest BCUT2D eigenvalue weighted by molar-refractivity contribution is 5.60. The number of hydrogen-bond donors (Lipinski definition) is 0. The second-order valence-electron chi connectivity index (χ2n) is 9.14. The Hall–Kier alpha value is -3.53. The molecule has 0 bridgehead atoms. The van der Waals surface area contributed by atoms with Crippen LogP contribution in [0.25, 0.3) is 22.7 Å². The first-order valence-electron chi connectivity index (χ1n) is 11.7. The van der Waals surface area contributed by atoms with Crippen molar-refractivity contribution < 1.29 is 17.6 Å². The first-order valence-corrected chi connectivity index (χ1v) is 11.7. The summed E-state index contributed by atoms with van der Waals surface area (Å²) in [5.74, 6) is -1.48. The highest BCUT2D eigenvalue weighted by atomic mass is 19.3. The molecule has 0 amide bonds. The van der Waals surface area contributed by atoms with Crippen LogP contribution in [-0.4, -0.2) is 42.7 Å². The van der Waals surface area contributed by atoms with E-state index in [9.17, 15) is 13.2 Å². The van der Waals surface area contributed by atoms with Crippen molar-refractivity contribution in [2.45, 2.75) is 51.2 Å². The van der Waals surface area contributed by atoms with Gasteiger partial charge in [0, 0.05) is 35.8 Å². The van der Waals surface area contributed by atoms with Gasteiger partial charge in [0.05, 0.1) is 12.7 Å². The number of nitrogens with zero attached hydrogens (tertiary/aromatic N) is 6. The molecule has 0 atom stereocenters. The molecule has 6 rings (SSSR count). The zero-order valence-electron chi connectivity index (χ0n) is 18.9. The van der Waals surface area contributed by atoms with Crippen LogP contribution in [0.1, 0.15) is 48.3 Å². The van der Waals surface area contributed by atoms with E-state index in [1.165, 1.54) is 36.5 Å². The molecule has 1 fully saturated rings. The lowest BCUT2D eigenvalue weighted by molar-refractivity contribution is 0.113. The Morgan fingerprint density at radius 2 is 1.86 bits per heavy atom. The molecule has 2 aromatic heterocycles. The molecule has 10 heteroatoms. The van der Waals surface area contributed by atoms with Crippen LogP contribution in [-0.2, 0) is 19.5 Å². The van der Waals surface area contributed by atoms with Gasteiger partial charge in [-0.05, 0) is 48.6 Å². The second kappa shape index (κ2) is 8.92. The Labute approximate surface area is 199 Å². The molecule has 7 nitrogen and oxygen atoms in total. The maximum Gasteiger partial charge on any atom is 0.314 e. The Balaban J connectivity index is 1.16. The van der Waals surface area contributed by atoms with Gasteiger partial charge in [-0.25, -0.2) is 9.07 Å². The lowest BCUT2D eigenvalue weighted by atomic mass is 9.88. The van der Waals surface area contributed by atoms with Gasteiger partial charge in [-0.3, -0.25) is 4.90 Å². The van der Waals surface area contributed by atoms with Crippen molar-refractivity contribution in [3.05, 3.63) is 71.0 Å². The van der Waals surface area contributed by atoms with E-state index in [0.29, 0.717) is 5.56 Å². The third kappa shape index (κ3) is 4.34. The Bertz CT molecular complexity index is 1360. The van der Waals surface area contributed by atoms with E-state index in [-0.39, 0.29) is 18.0 Å². The maximum atomic E-state index is 14.7. The van der Waals surface area contributed by atoms with Crippen molar-refractivity contribution in [1.82, 2.24) is 30.1 Å². The van der Waals surface area contributed by atoms with Crippen LogP contribution >= 0.6 is 0 Å². The molecule has 2 aromatic carbocycles. The standard InChI is InChI=1S/C25H23F3N6O/c26-21-11-17(24-30-31-25(35-24)23(27)28)5-7-19(21)13-34-14-22(29-32-34)16-4-6-18-12-33(20-2-1-3-20)9-8-15(18)10-16/h4-7,10-11,14,20,23H,1-3,8-9,12-13H2. The highest BCUT2D eigenvalue weighted by Crippen LogP contribution is 2.31. The molecular weight excluding hydrogens is 457 g/mol. The van der Waals surface area contributed by atoms with Crippen LogP contribution in [0.3, 0.4) is 0 Å². The predicted molar refractivity (Wildman–Crippen MR) is 121 cm³/mol. The van der Waals surface area contributed by atoms with Crippen molar-refractivity contribution in [3.8, 4) is 22.7 Å². The number of benzene rings is 2. The number of halogens is 3. The summed E-state index contributed by atoms with van der Waals surface area (Å²) >= 11 is 0. The molecule has 0 spiro atoms. The molecule has 1 aliphatic carbocycles. The van der Waals surface area contributed by atoms with Gasteiger partial charge in [-0.1, -0.05) is 29.8 Å². The van der Waals surface area contributed by atoms with E-state index >= 15 is 0 Å². The van der Waals surface area contributed by atoms with Crippen LogP contribution in [0.15, 0.2) is 47.0 Å². The minimum atomic E-state index is -2.88. The first kappa shape index (κ1) is 22.0. The number of aromatic nitrogens is 5. The quantitative estimate of drug-likeness (QED) is 0.385. The fourth-order valence-corrected chi connectivity index (χ4v) is 4.73. The molecule has 0 saturated heterocycles. The van der Waals surface area contributed by atoms with Gasteiger partial charge in [0.15, 0.2) is 0 Å². The van der Waals surface area contributed by atoms with Crippen LogP contribution in [0, 0.1) is 5.82 Å². The predicted octanol–water partition coefficient (Wildman–Crippen LogP) is 5.03. The van der Waals surface area contributed by atoms with E-state index in [4.69, 9.17) is 4.42 Å². The minimum absolute atomic E-state index is 0.156. The number of alkyl halides is 2. The highest BCUT2D eigenvalue weighted by Gasteiger charge is 2.28. The maximum absolute atomic E-state index is 14.7. The van der Waals surface area contributed by atoms with Gasteiger partial charge >= 0.3 is 6.43 Å². The molecule has 4 aromatic rings. The largest absolute Gasteiger partial charge is 0.415 e. The Morgan fingerprint density at radius 1 is 1.00 bits per heavy atom. The van der Waals surface area contributed by atoms with Crippen molar-refractivity contribution in [1.29, 1.82) is 0 Å². The first-order chi connectivity index (χ1) is 17.0. The molecule has 1 aliphatic heterocycles. The summed E-state index contributed by atoms with van der Waals surface area (Å²) in [4.78, 5) is 2.60. The van der Waals surface area contributed by atoms with Gasteiger partial charge in [-0.2, -0.15) is 8.78 Å². The normalized spacial score (nSPS) is 16.5. The average molecular weight is 480 g/mol. The number of hydrogen-bond acceptors (Lipinski definition) is 6. The summed E-state index contributed by atoms with van der Waals surface area (Å²) in [7, 11) is 0. The summed E-state index contributed by atoms with van der Waals surface area (Å²) < 4.78 is 46.5. The minimum Gasteiger partial charge on any atom is -0.415 e. The molecule has 180 valence electrons. The van der Waals surface area contributed by atoms with Crippen molar-refractivity contribution in [2.24, 2.45) is 0 Å². The molecule has 0 radical (unpaired) electrons. The summed E-state index contributed by atoms with van der Waals surface area (Å²) in [5, 5.41) is 15.3. The zero-order chi connectivity index (χ0) is 23.9. The van der Waals surface area contributed by atoms with E-state index in [1.807, 2.05) is 0 Å². The third-order valence-electron chi connectivity index (χ3n) is 6.93. The van der Waals surface area contributed by atoms with E-state index in [0.717, 1.165) is 36.8 Å². The van der Waals surface area contributed by atoms with Gasteiger partial charge in [0.1, 0.15) is 11.5 Å². The fourth-order valence-electron chi connectivity index (χ4n) is 4.73. The molecule has 35 heavy (non-hydrogen) atoms. The summed E-state index contributed by atoms with van der Waals surface area (Å²) in [6, 6.07) is 11.5. The van der Waals surface area contributed by atoms with E-state index < -0.39 is 18.1 Å². The topological polar surface area (TPSA) is 72.9 Å². The number of rotatable bonds is 6. The third-order valence-corrected chi connectivity index (χ3v) is 6.93. The van der Waals surface area contributed by atoms with E-state index in [2.05, 4.69) is 43.6 Å². The van der Waals surface area contributed by atoms with Gasteiger partial charge in [0.2, 0.25) is 5.89 Å². The Kier molecular flexibility index (Phi) is 5.60. The Morgan fingerprint density at radius 3 is 2.60 bits per heavy atom. The molecule has 3 heterocycles.